The zero-order chi connectivity index (χ0) is 19.5. The number of carbonyl (C=O) groups is 1. The third-order valence-corrected chi connectivity index (χ3v) is 8.16. The number of nitrogens with zero attached hydrogens (tertiary/aromatic N) is 2. The second-order valence-corrected chi connectivity index (χ2v) is 10.5. The predicted octanol–water partition coefficient (Wildman–Crippen LogP) is 3.50. The first-order valence-corrected chi connectivity index (χ1v) is 11.2. The van der Waals surface area contributed by atoms with E-state index >= 15 is 0 Å². The summed E-state index contributed by atoms with van der Waals surface area (Å²) in [5.74, 6) is 2.49. The normalized spacial score (nSPS) is 31.9. The molecule has 1 amide bonds. The van der Waals surface area contributed by atoms with Crippen molar-refractivity contribution in [3.63, 3.8) is 0 Å². The second kappa shape index (κ2) is 6.61. The van der Waals surface area contributed by atoms with Gasteiger partial charge in [0, 0.05) is 12.6 Å². The van der Waals surface area contributed by atoms with Gasteiger partial charge in [-0.1, -0.05) is 23.9 Å². The van der Waals surface area contributed by atoms with Gasteiger partial charge in [0.15, 0.2) is 5.16 Å². The van der Waals surface area contributed by atoms with Crippen LogP contribution >= 0.6 is 11.8 Å². The molecule has 0 saturated heterocycles. The van der Waals surface area contributed by atoms with Crippen molar-refractivity contribution < 1.29 is 4.79 Å². The van der Waals surface area contributed by atoms with E-state index in [2.05, 4.69) is 10.3 Å². The van der Waals surface area contributed by atoms with Crippen molar-refractivity contribution in [3.8, 4) is 0 Å². The number of amides is 1. The van der Waals surface area contributed by atoms with Gasteiger partial charge in [0.25, 0.3) is 5.56 Å². The van der Waals surface area contributed by atoms with Gasteiger partial charge in [-0.25, -0.2) is 4.98 Å². The summed E-state index contributed by atoms with van der Waals surface area (Å²) in [7, 11) is 1.73. The molecule has 148 valence electrons. The van der Waals surface area contributed by atoms with E-state index in [1.165, 1.54) is 31.0 Å². The Morgan fingerprint density at radius 1 is 1.18 bits per heavy atom. The van der Waals surface area contributed by atoms with E-state index < -0.39 is 0 Å². The molecule has 6 rings (SSSR count). The molecule has 2 aromatic rings. The van der Waals surface area contributed by atoms with Crippen LogP contribution in [-0.4, -0.2) is 26.2 Å². The number of aromatic nitrogens is 2. The lowest BCUT2D eigenvalue weighted by Gasteiger charge is -2.57. The predicted molar refractivity (Wildman–Crippen MR) is 111 cm³/mol. The van der Waals surface area contributed by atoms with Gasteiger partial charge in [-0.15, -0.1) is 0 Å². The minimum atomic E-state index is -0.285. The van der Waals surface area contributed by atoms with Crippen molar-refractivity contribution in [2.24, 2.45) is 24.8 Å². The maximum atomic E-state index is 13.0. The van der Waals surface area contributed by atoms with E-state index in [4.69, 9.17) is 0 Å². The first-order valence-electron chi connectivity index (χ1n) is 10.4. The van der Waals surface area contributed by atoms with Crippen LogP contribution in [0, 0.1) is 17.8 Å². The number of thioether (sulfide) groups is 1. The molecule has 0 aliphatic heterocycles. The molecule has 4 aliphatic carbocycles. The van der Waals surface area contributed by atoms with E-state index in [0.717, 1.165) is 37.0 Å². The molecule has 1 atom stereocenters. The standard InChI is InChI=1S/C22H27N3O2S/c1-13(28-21-23-18-6-4-3-5-17(18)20(27)25(21)2)19(26)24-22-10-14-7-15(11-22)9-16(8-14)12-22/h3-6,13-16H,7-12H2,1-2H3,(H,24,26)/t13-,14?,15?,16?,22?/m0/s1. The maximum Gasteiger partial charge on any atom is 0.261 e. The largest absolute Gasteiger partial charge is 0.350 e. The SMILES string of the molecule is C[C@H](Sc1nc2ccccc2c(=O)n1C)C(=O)NC12CC3CC(CC(C3)C1)C2. The second-order valence-electron chi connectivity index (χ2n) is 9.22. The Balaban J connectivity index is 1.34. The Labute approximate surface area is 169 Å². The van der Waals surface area contributed by atoms with Crippen molar-refractivity contribution in [2.45, 2.75) is 61.4 Å². The van der Waals surface area contributed by atoms with Crippen LogP contribution in [-0.2, 0) is 11.8 Å². The van der Waals surface area contributed by atoms with Crippen molar-refractivity contribution in [2.75, 3.05) is 0 Å². The van der Waals surface area contributed by atoms with Crippen LogP contribution in [0.2, 0.25) is 0 Å². The third kappa shape index (κ3) is 3.06. The van der Waals surface area contributed by atoms with E-state index in [-0.39, 0.29) is 22.3 Å². The molecule has 4 fully saturated rings. The topological polar surface area (TPSA) is 64.0 Å². The molecule has 0 radical (unpaired) electrons. The van der Waals surface area contributed by atoms with E-state index in [1.807, 2.05) is 25.1 Å². The summed E-state index contributed by atoms with van der Waals surface area (Å²) in [6.07, 6.45) is 7.53. The molecule has 6 heteroatoms. The van der Waals surface area contributed by atoms with E-state index in [9.17, 15) is 9.59 Å². The zero-order valence-corrected chi connectivity index (χ0v) is 17.3. The summed E-state index contributed by atoms with van der Waals surface area (Å²) in [5.41, 5.74) is 0.632. The molecule has 0 unspecified atom stereocenters. The van der Waals surface area contributed by atoms with Crippen LogP contribution in [0.4, 0.5) is 0 Å². The summed E-state index contributed by atoms with van der Waals surface area (Å²) < 4.78 is 1.56. The van der Waals surface area contributed by atoms with Gasteiger partial charge in [0.05, 0.1) is 16.2 Å². The van der Waals surface area contributed by atoms with Gasteiger partial charge in [-0.05, 0) is 75.3 Å². The fourth-order valence-corrected chi connectivity index (χ4v) is 7.02. The molecule has 4 bridgehead atoms. The first-order chi connectivity index (χ1) is 13.4. The molecule has 1 aromatic carbocycles. The number of carbonyl (C=O) groups excluding carboxylic acids is 1. The van der Waals surface area contributed by atoms with Crippen molar-refractivity contribution in [1.82, 2.24) is 14.9 Å². The van der Waals surface area contributed by atoms with Crippen LogP contribution in [0.25, 0.3) is 10.9 Å². The van der Waals surface area contributed by atoms with Gasteiger partial charge >= 0.3 is 0 Å². The van der Waals surface area contributed by atoms with Crippen molar-refractivity contribution in [3.05, 3.63) is 34.6 Å². The Hall–Kier alpha value is -1.82. The van der Waals surface area contributed by atoms with Crippen LogP contribution in [0.5, 0.6) is 0 Å². The lowest BCUT2D eigenvalue weighted by Crippen LogP contribution is -2.60. The Morgan fingerprint density at radius 3 is 2.43 bits per heavy atom. The number of nitrogens with one attached hydrogen (secondary N) is 1. The lowest BCUT2D eigenvalue weighted by atomic mass is 9.53. The number of rotatable bonds is 4. The highest BCUT2D eigenvalue weighted by molar-refractivity contribution is 8.00. The molecule has 1 heterocycles. The Bertz CT molecular complexity index is 964. The number of para-hydroxylation sites is 1. The highest BCUT2D eigenvalue weighted by atomic mass is 32.2. The number of hydrogen-bond donors (Lipinski definition) is 1. The van der Waals surface area contributed by atoms with Gasteiger partial charge in [-0.3, -0.25) is 14.2 Å². The number of benzene rings is 1. The van der Waals surface area contributed by atoms with Crippen LogP contribution in [0.3, 0.4) is 0 Å². The Kier molecular flexibility index (Phi) is 4.30. The fourth-order valence-electron chi connectivity index (χ4n) is 6.14. The summed E-state index contributed by atoms with van der Waals surface area (Å²) in [4.78, 5) is 30.3. The molecule has 1 aromatic heterocycles. The van der Waals surface area contributed by atoms with Crippen molar-refractivity contribution in [1.29, 1.82) is 0 Å². The van der Waals surface area contributed by atoms with Crippen LogP contribution in [0.1, 0.15) is 45.4 Å². The average Bonchev–Trinajstić information content (AvgIpc) is 2.64. The first kappa shape index (κ1) is 18.2. The molecule has 0 spiro atoms. The van der Waals surface area contributed by atoms with Crippen molar-refractivity contribution >= 4 is 28.6 Å². The molecule has 4 aliphatic rings. The average molecular weight is 398 g/mol. The Morgan fingerprint density at radius 2 is 1.79 bits per heavy atom. The zero-order valence-electron chi connectivity index (χ0n) is 16.5. The minimum absolute atomic E-state index is 0.0172. The van der Waals surface area contributed by atoms with Gasteiger partial charge in [0.2, 0.25) is 5.91 Å². The lowest BCUT2D eigenvalue weighted by molar-refractivity contribution is -0.126. The van der Waals surface area contributed by atoms with E-state index in [0.29, 0.717) is 16.1 Å². The fraction of sp³-hybridized carbons (Fsp3) is 0.591. The summed E-state index contributed by atoms with van der Waals surface area (Å²) >= 11 is 1.38. The highest BCUT2D eigenvalue weighted by Crippen LogP contribution is 2.55. The minimum Gasteiger partial charge on any atom is -0.350 e. The molecular weight excluding hydrogens is 370 g/mol. The highest BCUT2D eigenvalue weighted by Gasteiger charge is 2.51. The van der Waals surface area contributed by atoms with E-state index in [1.54, 1.807) is 17.7 Å². The summed E-state index contributed by atoms with van der Waals surface area (Å²) in [6.45, 7) is 1.92. The third-order valence-electron chi connectivity index (χ3n) is 7.02. The van der Waals surface area contributed by atoms with Crippen LogP contribution in [0.15, 0.2) is 34.2 Å². The molecule has 5 nitrogen and oxygen atoms in total. The van der Waals surface area contributed by atoms with Gasteiger partial charge in [-0.2, -0.15) is 0 Å². The molecule has 1 N–H and O–H groups in total. The number of hydrogen-bond acceptors (Lipinski definition) is 4. The van der Waals surface area contributed by atoms with Gasteiger partial charge in [0.1, 0.15) is 0 Å². The smallest absolute Gasteiger partial charge is 0.261 e. The summed E-state index contributed by atoms with van der Waals surface area (Å²) in [6, 6.07) is 7.37. The molecule has 28 heavy (non-hydrogen) atoms. The number of fused-ring (bicyclic) bond motifs is 1. The summed E-state index contributed by atoms with van der Waals surface area (Å²) in [5, 5.41) is 4.36. The maximum absolute atomic E-state index is 13.0. The quantitative estimate of drug-likeness (QED) is 0.634. The molecule has 4 saturated carbocycles. The molecular formula is C22H27N3O2S. The van der Waals surface area contributed by atoms with Gasteiger partial charge < -0.3 is 5.32 Å². The van der Waals surface area contributed by atoms with Crippen LogP contribution < -0.4 is 10.9 Å². The monoisotopic (exact) mass is 397 g/mol.